The Kier molecular flexibility index (Phi) is 4.28. The van der Waals surface area contributed by atoms with E-state index in [1.807, 2.05) is 43.3 Å². The summed E-state index contributed by atoms with van der Waals surface area (Å²) in [6.07, 6.45) is 0.803. The maximum Gasteiger partial charge on any atom is 0.240 e. The summed E-state index contributed by atoms with van der Waals surface area (Å²) in [5.74, 6) is -0.226. The molecule has 0 radical (unpaired) electrons. The van der Waals surface area contributed by atoms with Crippen LogP contribution in [0.2, 0.25) is 0 Å². The van der Waals surface area contributed by atoms with Gasteiger partial charge in [-0.25, -0.2) is 0 Å². The molecule has 3 nitrogen and oxygen atoms in total. The Bertz CT molecular complexity index is 418. The minimum atomic E-state index is -0.984. The van der Waals surface area contributed by atoms with Crippen LogP contribution in [0.1, 0.15) is 38.8 Å². The molecule has 90 valence electrons. The maximum atomic E-state index is 11.9. The van der Waals surface area contributed by atoms with Crippen LogP contribution in [0, 0.1) is 16.7 Å². The van der Waals surface area contributed by atoms with E-state index in [4.69, 9.17) is 5.26 Å². The highest BCUT2D eigenvalue weighted by molar-refractivity contribution is 5.84. The van der Waals surface area contributed by atoms with Crippen LogP contribution in [-0.4, -0.2) is 5.91 Å². The van der Waals surface area contributed by atoms with Gasteiger partial charge in [-0.05, 0) is 25.8 Å². The van der Waals surface area contributed by atoms with Crippen LogP contribution in [0.25, 0.3) is 0 Å². The Labute approximate surface area is 102 Å². The zero-order valence-corrected chi connectivity index (χ0v) is 10.5. The van der Waals surface area contributed by atoms with Crippen LogP contribution >= 0.6 is 0 Å². The zero-order valence-electron chi connectivity index (χ0n) is 10.5. The molecular weight excluding hydrogens is 212 g/mol. The summed E-state index contributed by atoms with van der Waals surface area (Å²) < 4.78 is 0. The van der Waals surface area contributed by atoms with E-state index in [0.29, 0.717) is 0 Å². The lowest BCUT2D eigenvalue weighted by atomic mass is 9.93. The van der Waals surface area contributed by atoms with E-state index in [1.165, 1.54) is 0 Å². The van der Waals surface area contributed by atoms with Gasteiger partial charge in [0.05, 0.1) is 12.1 Å². The van der Waals surface area contributed by atoms with Crippen molar-refractivity contribution in [2.45, 2.75) is 33.2 Å². The third kappa shape index (κ3) is 3.32. The first kappa shape index (κ1) is 13.2. The van der Waals surface area contributed by atoms with Gasteiger partial charge in [-0.1, -0.05) is 37.3 Å². The van der Waals surface area contributed by atoms with Gasteiger partial charge in [-0.3, -0.25) is 4.79 Å². The number of nitriles is 1. The number of carbonyl (C=O) groups is 1. The van der Waals surface area contributed by atoms with E-state index in [1.54, 1.807) is 13.8 Å². The van der Waals surface area contributed by atoms with Crippen LogP contribution in [0.15, 0.2) is 30.3 Å². The van der Waals surface area contributed by atoms with E-state index in [9.17, 15) is 4.79 Å². The predicted octanol–water partition coefficient (Wildman–Crippen LogP) is 2.80. The van der Waals surface area contributed by atoms with Gasteiger partial charge in [0.15, 0.2) is 0 Å². The molecule has 17 heavy (non-hydrogen) atoms. The summed E-state index contributed by atoms with van der Waals surface area (Å²) >= 11 is 0. The number of carbonyl (C=O) groups excluding carboxylic acids is 1. The van der Waals surface area contributed by atoms with Gasteiger partial charge in [-0.15, -0.1) is 0 Å². The molecule has 0 aliphatic rings. The van der Waals surface area contributed by atoms with Crippen molar-refractivity contribution < 1.29 is 4.79 Å². The predicted molar refractivity (Wildman–Crippen MR) is 67.0 cm³/mol. The normalized spacial score (nSPS) is 12.6. The van der Waals surface area contributed by atoms with Gasteiger partial charge < -0.3 is 5.32 Å². The fraction of sp³-hybridized carbons (Fsp3) is 0.429. The van der Waals surface area contributed by atoms with Gasteiger partial charge in [0.25, 0.3) is 0 Å². The molecule has 0 aliphatic carbocycles. The lowest BCUT2D eigenvalue weighted by Crippen LogP contribution is -2.38. The second kappa shape index (κ2) is 5.49. The Hall–Kier alpha value is -1.82. The van der Waals surface area contributed by atoms with Crippen molar-refractivity contribution in [2.24, 2.45) is 5.41 Å². The number of benzene rings is 1. The fourth-order valence-corrected chi connectivity index (χ4v) is 1.50. The second-order valence-electron chi connectivity index (χ2n) is 4.58. The van der Waals surface area contributed by atoms with Crippen molar-refractivity contribution in [1.82, 2.24) is 5.32 Å². The van der Waals surface area contributed by atoms with Crippen LogP contribution < -0.4 is 5.32 Å². The quantitative estimate of drug-likeness (QED) is 0.864. The third-order valence-corrected chi connectivity index (χ3v) is 2.76. The van der Waals surface area contributed by atoms with Crippen LogP contribution in [-0.2, 0) is 4.79 Å². The SMILES string of the molecule is CC[C@H](NC(=O)C(C)(C)C#N)c1ccccc1. The Balaban J connectivity index is 2.80. The van der Waals surface area contributed by atoms with E-state index in [-0.39, 0.29) is 11.9 Å². The molecule has 0 saturated heterocycles. The van der Waals surface area contributed by atoms with Gasteiger partial charge in [0.2, 0.25) is 5.91 Å². The van der Waals surface area contributed by atoms with Crippen molar-refractivity contribution in [3.63, 3.8) is 0 Å². The Morgan fingerprint density at radius 2 is 2.00 bits per heavy atom. The molecule has 0 aromatic heterocycles. The van der Waals surface area contributed by atoms with E-state index < -0.39 is 5.41 Å². The number of amides is 1. The molecule has 1 atom stereocenters. The van der Waals surface area contributed by atoms with Gasteiger partial charge in [-0.2, -0.15) is 5.26 Å². The minimum Gasteiger partial charge on any atom is -0.348 e. The summed E-state index contributed by atoms with van der Waals surface area (Å²) in [5, 5.41) is 11.8. The molecule has 0 bridgehead atoms. The number of nitrogens with zero attached hydrogens (tertiary/aromatic N) is 1. The summed E-state index contributed by atoms with van der Waals surface area (Å²) in [7, 11) is 0. The molecule has 0 aliphatic heterocycles. The molecule has 0 unspecified atom stereocenters. The van der Waals surface area contributed by atoms with Crippen molar-refractivity contribution in [3.05, 3.63) is 35.9 Å². The first-order chi connectivity index (χ1) is 8.01. The molecule has 1 amide bonds. The highest BCUT2D eigenvalue weighted by atomic mass is 16.2. The summed E-state index contributed by atoms with van der Waals surface area (Å²) in [6, 6.07) is 11.8. The minimum absolute atomic E-state index is 0.0312. The lowest BCUT2D eigenvalue weighted by Gasteiger charge is -2.22. The fourth-order valence-electron chi connectivity index (χ4n) is 1.50. The van der Waals surface area contributed by atoms with Gasteiger partial charge in [0.1, 0.15) is 5.41 Å². The van der Waals surface area contributed by atoms with Crippen molar-refractivity contribution >= 4 is 5.91 Å². The standard InChI is InChI=1S/C14H18N2O/c1-4-12(11-8-6-5-7-9-11)16-13(17)14(2,3)10-15/h5-9,12H,4H2,1-3H3,(H,16,17)/t12-/m0/s1. The molecule has 1 aromatic rings. The van der Waals surface area contributed by atoms with Gasteiger partial charge in [0, 0.05) is 0 Å². The molecule has 1 rings (SSSR count). The summed E-state index contributed by atoms with van der Waals surface area (Å²) in [6.45, 7) is 5.26. The average Bonchev–Trinajstić information content (AvgIpc) is 2.36. The van der Waals surface area contributed by atoms with Gasteiger partial charge >= 0.3 is 0 Å². The van der Waals surface area contributed by atoms with Crippen LogP contribution in [0.5, 0.6) is 0 Å². The third-order valence-electron chi connectivity index (χ3n) is 2.76. The Morgan fingerprint density at radius 3 is 2.47 bits per heavy atom. The maximum absolute atomic E-state index is 11.9. The monoisotopic (exact) mass is 230 g/mol. The molecule has 1 aromatic carbocycles. The molecule has 0 saturated carbocycles. The summed E-state index contributed by atoms with van der Waals surface area (Å²) in [5.41, 5.74) is 0.0828. The number of nitrogens with one attached hydrogen (secondary N) is 1. The van der Waals surface area contributed by atoms with Crippen LogP contribution in [0.4, 0.5) is 0 Å². The molecule has 3 heteroatoms. The summed E-state index contributed by atoms with van der Waals surface area (Å²) in [4.78, 5) is 11.9. The van der Waals surface area contributed by atoms with Crippen molar-refractivity contribution in [1.29, 1.82) is 5.26 Å². The second-order valence-corrected chi connectivity index (χ2v) is 4.58. The first-order valence-corrected chi connectivity index (χ1v) is 5.78. The lowest BCUT2D eigenvalue weighted by molar-refractivity contribution is -0.127. The highest BCUT2D eigenvalue weighted by Gasteiger charge is 2.28. The molecule has 0 heterocycles. The van der Waals surface area contributed by atoms with E-state index in [2.05, 4.69) is 5.32 Å². The van der Waals surface area contributed by atoms with E-state index in [0.717, 1.165) is 12.0 Å². The molecular formula is C14H18N2O. The molecule has 0 fully saturated rings. The molecule has 1 N–H and O–H groups in total. The highest BCUT2D eigenvalue weighted by Crippen LogP contribution is 2.20. The topological polar surface area (TPSA) is 52.9 Å². The Morgan fingerprint density at radius 1 is 1.41 bits per heavy atom. The van der Waals surface area contributed by atoms with Crippen LogP contribution in [0.3, 0.4) is 0 Å². The van der Waals surface area contributed by atoms with Crippen molar-refractivity contribution in [3.8, 4) is 6.07 Å². The number of hydrogen-bond acceptors (Lipinski definition) is 2. The van der Waals surface area contributed by atoms with E-state index >= 15 is 0 Å². The largest absolute Gasteiger partial charge is 0.348 e. The first-order valence-electron chi connectivity index (χ1n) is 5.78. The smallest absolute Gasteiger partial charge is 0.240 e. The number of rotatable bonds is 4. The molecule has 0 spiro atoms. The van der Waals surface area contributed by atoms with Crippen molar-refractivity contribution in [2.75, 3.05) is 0 Å². The zero-order chi connectivity index (χ0) is 12.9. The number of hydrogen-bond donors (Lipinski definition) is 1. The average molecular weight is 230 g/mol.